The Morgan fingerprint density at radius 3 is 2.16 bits per heavy atom. The number of allylic oxidation sites excluding steroid dienone is 1. The van der Waals surface area contributed by atoms with Crippen LogP contribution in [0.4, 0.5) is 0 Å². The van der Waals surface area contributed by atoms with Gasteiger partial charge in [-0.25, -0.2) is 4.18 Å². The molecule has 0 aromatic carbocycles. The van der Waals surface area contributed by atoms with Crippen LogP contribution in [0.1, 0.15) is 107 Å². The molecule has 0 aromatic rings. The van der Waals surface area contributed by atoms with Crippen molar-refractivity contribution in [2.45, 2.75) is 192 Å². The van der Waals surface area contributed by atoms with Gasteiger partial charge in [-0.15, -0.1) is 0 Å². The Bertz CT molecular complexity index is 1770. The van der Waals surface area contributed by atoms with Gasteiger partial charge in [0.25, 0.3) is 0 Å². The lowest BCUT2D eigenvalue weighted by Gasteiger charge is -2.64. The fourth-order valence-electron chi connectivity index (χ4n) is 13.7. The Hall–Kier alpha value is -1.32. The van der Waals surface area contributed by atoms with Gasteiger partial charge >= 0.3 is 16.4 Å². The third-order valence-corrected chi connectivity index (χ3v) is 17.2. The Morgan fingerprint density at radius 2 is 1.50 bits per heavy atom. The van der Waals surface area contributed by atoms with Gasteiger partial charge in [0, 0.05) is 5.92 Å². The molecule has 0 aromatic heterocycles. The zero-order valence-corrected chi connectivity index (χ0v) is 35.6. The topological polar surface area (TPSA) is 237 Å². The average molecular weight is 845 g/mol. The van der Waals surface area contributed by atoms with E-state index in [4.69, 9.17) is 32.6 Å². The van der Waals surface area contributed by atoms with E-state index in [2.05, 4.69) is 41.5 Å². The highest BCUT2D eigenvalue weighted by Crippen LogP contribution is 2.76. The molecule has 4 heterocycles. The molecule has 16 nitrogen and oxygen atoms in total. The van der Waals surface area contributed by atoms with Crippen molar-refractivity contribution in [1.29, 1.82) is 0 Å². The third-order valence-electron chi connectivity index (χ3n) is 16.7. The molecule has 7 fully saturated rings. The molecule has 4 aliphatic carbocycles. The molecule has 1 unspecified atom stereocenters. The highest BCUT2D eigenvalue weighted by atomic mass is 32.3. The number of aliphatic hydroxyl groups is 5. The Morgan fingerprint density at radius 1 is 0.793 bits per heavy atom. The zero-order valence-electron chi connectivity index (χ0n) is 34.8. The van der Waals surface area contributed by atoms with Crippen LogP contribution in [0, 0.1) is 39.4 Å². The van der Waals surface area contributed by atoms with Crippen LogP contribution in [-0.2, 0) is 47.8 Å². The number of carbonyl (C=O) groups is 1. The quantitative estimate of drug-likeness (QED) is 0.0934. The van der Waals surface area contributed by atoms with Crippen molar-refractivity contribution in [2.75, 3.05) is 6.61 Å². The number of hydrogen-bond acceptors (Lipinski definition) is 15. The van der Waals surface area contributed by atoms with E-state index in [0.717, 1.165) is 38.5 Å². The highest BCUT2D eigenvalue weighted by molar-refractivity contribution is 7.80. The molecular weight excluding hydrogens is 781 g/mol. The van der Waals surface area contributed by atoms with Crippen molar-refractivity contribution < 1.29 is 75.9 Å². The minimum absolute atomic E-state index is 0.0405. The summed E-state index contributed by atoms with van der Waals surface area (Å²) in [5, 5.41) is 55.3. The Kier molecular flexibility index (Phi) is 10.5. The lowest BCUT2D eigenvalue weighted by Crippen LogP contribution is -2.64. The number of carbonyl (C=O) groups excluding carboxylic acids is 1. The Labute approximate surface area is 340 Å². The predicted octanol–water partition coefficient (Wildman–Crippen LogP) is 2.32. The van der Waals surface area contributed by atoms with Crippen LogP contribution in [0.5, 0.6) is 0 Å². The monoisotopic (exact) mass is 844 g/mol. The lowest BCUT2D eigenvalue weighted by molar-refractivity contribution is -0.362. The second-order valence-electron chi connectivity index (χ2n) is 20.5. The minimum atomic E-state index is -5.02. The van der Waals surface area contributed by atoms with Gasteiger partial charge in [0.15, 0.2) is 12.6 Å². The van der Waals surface area contributed by atoms with Gasteiger partial charge in [-0.3, -0.25) is 9.35 Å². The first-order valence-electron chi connectivity index (χ1n) is 21.1. The molecule has 19 atom stereocenters. The number of hydrogen-bond donors (Lipinski definition) is 6. The van der Waals surface area contributed by atoms with E-state index in [1.165, 1.54) is 12.5 Å². The van der Waals surface area contributed by atoms with Crippen LogP contribution in [0.15, 0.2) is 11.6 Å². The van der Waals surface area contributed by atoms with Crippen LogP contribution in [0.2, 0.25) is 0 Å². The summed E-state index contributed by atoms with van der Waals surface area (Å²) in [6.07, 6.45) is -7.42. The number of aliphatic hydroxyl groups excluding tert-OH is 5. The van der Waals surface area contributed by atoms with Crippen molar-refractivity contribution in [3.05, 3.63) is 11.6 Å². The minimum Gasteiger partial charge on any atom is -0.456 e. The van der Waals surface area contributed by atoms with E-state index in [0.29, 0.717) is 12.8 Å². The maximum Gasteiger partial charge on any atom is 0.397 e. The first-order chi connectivity index (χ1) is 26.8. The normalized spacial score (nSPS) is 53.5. The second-order valence-corrected chi connectivity index (χ2v) is 21.6. The summed E-state index contributed by atoms with van der Waals surface area (Å²) in [6.45, 7) is 15.8. The first-order valence-corrected chi connectivity index (χ1v) is 22.5. The SMILES string of the molecule is C[C@H]1O[C@@H](O[C@H]2[C@H](O[C@H]3CC[C@]4(C)C5=C[C@H](O)[C@]67C(=O)O[C@@](C)([C@H]8CCC(C)(C)O8)[C@H]6CC[C@@]7(C)[C@@H]5CCC4C3(C)C)OC[C@@H](OS(=O)(=O)O)[C@@H]2O)[C@H](O)[C@@H](O)[C@@H]1O. The van der Waals surface area contributed by atoms with Crippen LogP contribution in [0.25, 0.3) is 0 Å². The first kappa shape index (κ1) is 43.3. The molecule has 6 N–H and O–H groups in total. The molecule has 4 saturated heterocycles. The lowest BCUT2D eigenvalue weighted by atomic mass is 9.40. The average Bonchev–Trinajstić information content (AvgIpc) is 3.75. The van der Waals surface area contributed by atoms with Gasteiger partial charge in [-0.2, -0.15) is 8.42 Å². The summed E-state index contributed by atoms with van der Waals surface area (Å²) in [5.74, 6) is -0.431. The standard InChI is InChI=1S/C41H64O16S/c1-19-28(43)30(45)31(46)33(52-19)54-32-29(44)22(57-58(48,49)50)18-51-34(32)53-26-13-15-38(6)21-17-25(42)41-24(40(8,56-35(41)47)27-12-14-36(2,3)55-27)11-16-39(41,7)20(21)9-10-23(38)37(26,4)5/h17,19-20,22-34,42-46H,9-16,18H2,1-8H3,(H,48,49,50)/t19-,20-,22-,23?,24-,25+,26+,27-,28-,29+,30+,31-,32-,33+,34+,38-,39+,40-,41+/m1/s1. The van der Waals surface area contributed by atoms with E-state index >= 15 is 0 Å². The number of rotatable bonds is 7. The van der Waals surface area contributed by atoms with E-state index in [1.54, 1.807) is 0 Å². The zero-order chi connectivity index (χ0) is 42.3. The number of fused-ring (bicyclic) bond motifs is 4. The van der Waals surface area contributed by atoms with Crippen molar-refractivity contribution >= 4 is 16.4 Å². The highest BCUT2D eigenvalue weighted by Gasteiger charge is 2.80. The molecule has 0 bridgehead atoms. The van der Waals surface area contributed by atoms with Crippen molar-refractivity contribution in [1.82, 2.24) is 0 Å². The third kappa shape index (κ3) is 6.26. The molecule has 0 amide bonds. The largest absolute Gasteiger partial charge is 0.456 e. The number of cyclic esters (lactones) is 1. The molecule has 1 spiro atoms. The van der Waals surface area contributed by atoms with Gasteiger partial charge in [-0.1, -0.05) is 39.3 Å². The summed E-state index contributed by atoms with van der Waals surface area (Å²) in [7, 11) is -5.02. The van der Waals surface area contributed by atoms with Crippen molar-refractivity contribution in [3.63, 3.8) is 0 Å². The van der Waals surface area contributed by atoms with Gasteiger partial charge in [-0.05, 0) is 107 Å². The predicted molar refractivity (Wildman–Crippen MR) is 202 cm³/mol. The molecule has 330 valence electrons. The van der Waals surface area contributed by atoms with Gasteiger partial charge < -0.3 is 54.0 Å². The molecule has 0 radical (unpaired) electrons. The van der Waals surface area contributed by atoms with Gasteiger partial charge in [0.1, 0.15) is 47.6 Å². The second kappa shape index (κ2) is 14.1. The van der Waals surface area contributed by atoms with E-state index < -0.39 is 106 Å². The van der Waals surface area contributed by atoms with Crippen LogP contribution < -0.4 is 0 Å². The fraction of sp³-hybridized carbons (Fsp3) is 0.927. The molecule has 8 rings (SSSR count). The van der Waals surface area contributed by atoms with Crippen LogP contribution in [-0.4, -0.2) is 136 Å². The van der Waals surface area contributed by atoms with Crippen molar-refractivity contribution in [2.24, 2.45) is 39.4 Å². The Balaban J connectivity index is 1.05. The fourth-order valence-corrected chi connectivity index (χ4v) is 14.2. The maximum absolute atomic E-state index is 14.4. The number of ether oxygens (including phenoxy) is 6. The molecule has 17 heteroatoms. The number of esters is 1. The van der Waals surface area contributed by atoms with Crippen molar-refractivity contribution in [3.8, 4) is 0 Å². The summed E-state index contributed by atoms with van der Waals surface area (Å²) >= 11 is 0. The molecule has 3 saturated carbocycles. The van der Waals surface area contributed by atoms with Gasteiger partial charge in [0.2, 0.25) is 0 Å². The molecule has 58 heavy (non-hydrogen) atoms. The van der Waals surface area contributed by atoms with E-state index in [9.17, 15) is 43.3 Å². The van der Waals surface area contributed by atoms with E-state index in [-0.39, 0.29) is 40.8 Å². The maximum atomic E-state index is 14.4. The molecular formula is C41H64O16S. The van der Waals surface area contributed by atoms with Gasteiger partial charge in [0.05, 0.1) is 36.6 Å². The molecule has 4 aliphatic heterocycles. The smallest absolute Gasteiger partial charge is 0.397 e. The summed E-state index contributed by atoms with van der Waals surface area (Å²) in [5.41, 5.74) is -2.52. The summed E-state index contributed by atoms with van der Waals surface area (Å²) in [4.78, 5) is 14.4. The molecule has 8 aliphatic rings. The summed E-state index contributed by atoms with van der Waals surface area (Å²) in [6, 6.07) is 0. The summed E-state index contributed by atoms with van der Waals surface area (Å²) < 4.78 is 74.6. The van der Waals surface area contributed by atoms with Crippen LogP contribution >= 0.6 is 0 Å². The van der Waals surface area contributed by atoms with E-state index in [1.807, 2.05) is 13.0 Å². The van der Waals surface area contributed by atoms with Crippen LogP contribution in [0.3, 0.4) is 0 Å².